The van der Waals surface area contributed by atoms with Crippen LogP contribution in [-0.2, 0) is 13.2 Å². The van der Waals surface area contributed by atoms with Crippen molar-refractivity contribution >= 4 is 28.7 Å². The third-order valence-corrected chi connectivity index (χ3v) is 7.75. The fraction of sp³-hybridized carbons (Fsp3) is 0.481. The number of alkyl halides is 1. The number of benzene rings is 1. The lowest BCUT2D eigenvalue weighted by Crippen LogP contribution is -2.42. The number of aromatic nitrogens is 2. The molecule has 3 aromatic rings. The van der Waals surface area contributed by atoms with Crippen molar-refractivity contribution in [2.24, 2.45) is 0 Å². The van der Waals surface area contributed by atoms with E-state index in [0.29, 0.717) is 28.2 Å². The molecule has 1 aliphatic carbocycles. The monoisotopic (exact) mass is 515 g/mol. The van der Waals surface area contributed by atoms with Crippen LogP contribution in [0.2, 0.25) is 5.02 Å². The average Bonchev–Trinajstić information content (AvgIpc) is 3.34. The molecule has 1 aliphatic rings. The van der Waals surface area contributed by atoms with E-state index in [-0.39, 0.29) is 29.1 Å². The summed E-state index contributed by atoms with van der Waals surface area (Å²) in [6.07, 6.45) is 6.06. The van der Waals surface area contributed by atoms with Crippen LogP contribution in [0.15, 0.2) is 35.3 Å². The van der Waals surface area contributed by atoms with E-state index in [0.717, 1.165) is 43.5 Å². The first-order valence-electron chi connectivity index (χ1n) is 12.5. The molecule has 2 heterocycles. The number of pyridine rings is 1. The molecule has 4 rings (SSSR count). The molecule has 0 aliphatic heterocycles. The number of H-pyrrole nitrogens is 1. The van der Waals surface area contributed by atoms with Gasteiger partial charge in [-0.15, -0.1) is 0 Å². The number of carbonyl (C=O) groups excluding carboxylic acids is 1. The lowest BCUT2D eigenvalue weighted by atomic mass is 9.89. The highest BCUT2D eigenvalue weighted by atomic mass is 35.5. The topological polar surface area (TPSA) is 72.9 Å². The van der Waals surface area contributed by atoms with E-state index >= 15 is 0 Å². The van der Waals surface area contributed by atoms with E-state index in [4.69, 9.17) is 11.6 Å². The van der Waals surface area contributed by atoms with Crippen LogP contribution in [0, 0.1) is 6.92 Å². The van der Waals surface area contributed by atoms with Gasteiger partial charge in [0.2, 0.25) is 0 Å². The van der Waals surface area contributed by atoms with Crippen molar-refractivity contribution in [3.8, 4) is 0 Å². The highest BCUT2D eigenvalue weighted by Crippen LogP contribution is 2.34. The van der Waals surface area contributed by atoms with Crippen molar-refractivity contribution in [1.29, 1.82) is 0 Å². The number of hydrogen-bond donors (Lipinski definition) is 2. The smallest absolute Gasteiger partial charge is 0.275 e. The molecule has 1 aromatic carbocycles. The number of hydrogen-bond acceptors (Lipinski definition) is 4. The molecule has 0 unspecified atom stereocenters. The lowest BCUT2D eigenvalue weighted by Gasteiger charge is -2.40. The Kier molecular flexibility index (Phi) is 8.05. The van der Waals surface area contributed by atoms with Gasteiger partial charge in [0.05, 0.1) is 5.52 Å². The molecule has 2 aromatic heterocycles. The van der Waals surface area contributed by atoms with Crippen molar-refractivity contribution in [3.05, 3.63) is 68.1 Å². The van der Waals surface area contributed by atoms with Gasteiger partial charge in [0.1, 0.15) is 6.67 Å². The number of rotatable bonds is 8. The van der Waals surface area contributed by atoms with Crippen molar-refractivity contribution in [3.63, 3.8) is 0 Å². The van der Waals surface area contributed by atoms with E-state index in [1.165, 1.54) is 4.52 Å². The third kappa shape index (κ3) is 5.15. The van der Waals surface area contributed by atoms with E-state index in [1.54, 1.807) is 24.4 Å². The number of nitrogens with one attached hydrogen (secondary N) is 2. The van der Waals surface area contributed by atoms with Gasteiger partial charge in [-0.05, 0) is 89.0 Å². The Morgan fingerprint density at radius 2 is 1.89 bits per heavy atom. The number of aromatic amines is 1. The van der Waals surface area contributed by atoms with Gasteiger partial charge in [-0.3, -0.25) is 14.7 Å². The van der Waals surface area contributed by atoms with Crippen molar-refractivity contribution in [2.75, 3.05) is 25.5 Å². The first-order valence-corrected chi connectivity index (χ1v) is 12.9. The van der Waals surface area contributed by atoms with E-state index in [2.05, 4.69) is 41.2 Å². The van der Waals surface area contributed by atoms with Crippen LogP contribution >= 0.6 is 11.6 Å². The maximum absolute atomic E-state index is 13.7. The van der Waals surface area contributed by atoms with Crippen LogP contribution in [0.1, 0.15) is 59.7 Å². The standard InChI is InChI=1S/C27H35ClFN5O2/c1-5-33(21-8-6-20(7-9-21)32(3)4)25-14-19(28)13-23(17(25)2)26(35)30-16-24-18(15-29)12-22-10-11-31-34(22)27(24)36/h10-14,20-21,31H,5-9,15-16H2,1-4H3,(H,30,35)/t20-,21-. The van der Waals surface area contributed by atoms with Gasteiger partial charge < -0.3 is 15.1 Å². The molecule has 9 heteroatoms. The first kappa shape index (κ1) is 26.2. The fourth-order valence-corrected chi connectivity index (χ4v) is 5.67. The Balaban J connectivity index is 1.57. The maximum Gasteiger partial charge on any atom is 0.275 e. The molecule has 0 bridgehead atoms. The Labute approximate surface area is 216 Å². The molecule has 1 saturated carbocycles. The molecule has 0 atom stereocenters. The largest absolute Gasteiger partial charge is 0.369 e. The maximum atomic E-state index is 13.7. The highest BCUT2D eigenvalue weighted by molar-refractivity contribution is 6.31. The predicted molar refractivity (Wildman–Crippen MR) is 143 cm³/mol. The number of fused-ring (bicyclic) bond motifs is 1. The number of carbonyl (C=O) groups is 1. The van der Waals surface area contributed by atoms with Gasteiger partial charge in [-0.1, -0.05) is 11.6 Å². The highest BCUT2D eigenvalue weighted by Gasteiger charge is 2.28. The zero-order valence-corrected chi connectivity index (χ0v) is 22.2. The zero-order chi connectivity index (χ0) is 26.0. The predicted octanol–water partition coefficient (Wildman–Crippen LogP) is 4.69. The lowest BCUT2D eigenvalue weighted by molar-refractivity contribution is 0.0950. The Morgan fingerprint density at radius 1 is 1.19 bits per heavy atom. The molecule has 0 spiro atoms. The molecule has 36 heavy (non-hydrogen) atoms. The number of nitrogens with zero attached hydrogens (tertiary/aromatic N) is 3. The van der Waals surface area contributed by atoms with E-state index in [1.807, 2.05) is 13.0 Å². The summed E-state index contributed by atoms with van der Waals surface area (Å²) in [5.74, 6) is -0.343. The van der Waals surface area contributed by atoms with E-state index in [9.17, 15) is 14.0 Å². The van der Waals surface area contributed by atoms with Gasteiger partial charge in [-0.2, -0.15) is 0 Å². The van der Waals surface area contributed by atoms with Gasteiger partial charge in [0, 0.05) is 53.2 Å². The summed E-state index contributed by atoms with van der Waals surface area (Å²) >= 11 is 6.49. The van der Waals surface area contributed by atoms with Crippen LogP contribution in [-0.4, -0.2) is 53.1 Å². The van der Waals surface area contributed by atoms with Gasteiger partial charge in [-0.25, -0.2) is 8.91 Å². The van der Waals surface area contributed by atoms with Crippen molar-refractivity contribution in [1.82, 2.24) is 19.8 Å². The normalized spacial score (nSPS) is 18.1. The second kappa shape index (κ2) is 11.0. The van der Waals surface area contributed by atoms with Crippen LogP contribution in [0.25, 0.3) is 5.52 Å². The average molecular weight is 516 g/mol. The Morgan fingerprint density at radius 3 is 2.53 bits per heavy atom. The summed E-state index contributed by atoms with van der Waals surface area (Å²) in [5, 5.41) is 6.13. The zero-order valence-electron chi connectivity index (χ0n) is 21.4. The summed E-state index contributed by atoms with van der Waals surface area (Å²) in [6.45, 7) is 4.00. The Hall–Kier alpha value is -2.84. The van der Waals surface area contributed by atoms with Crippen LogP contribution in [0.3, 0.4) is 0 Å². The molecule has 2 N–H and O–H groups in total. The summed E-state index contributed by atoms with van der Waals surface area (Å²) in [4.78, 5) is 30.8. The molecular formula is C27H35ClFN5O2. The molecule has 1 fully saturated rings. The van der Waals surface area contributed by atoms with Gasteiger partial charge >= 0.3 is 0 Å². The summed E-state index contributed by atoms with van der Waals surface area (Å²) in [7, 11) is 4.27. The molecular weight excluding hydrogens is 481 g/mol. The molecule has 1 amide bonds. The van der Waals surface area contributed by atoms with Crippen LogP contribution in [0.4, 0.5) is 10.1 Å². The second-order valence-electron chi connectivity index (χ2n) is 9.80. The molecule has 7 nitrogen and oxygen atoms in total. The third-order valence-electron chi connectivity index (χ3n) is 7.53. The van der Waals surface area contributed by atoms with Crippen LogP contribution in [0.5, 0.6) is 0 Å². The quantitative estimate of drug-likeness (QED) is 0.456. The molecule has 0 radical (unpaired) electrons. The SMILES string of the molecule is CCN(c1cc(Cl)cc(C(=O)NCc2c(CF)cc3cc[nH]n3c2=O)c1C)[C@H]1CC[C@H](N(C)C)CC1. The summed E-state index contributed by atoms with van der Waals surface area (Å²) in [5.41, 5.74) is 2.96. The minimum atomic E-state index is -0.788. The van der Waals surface area contributed by atoms with Crippen LogP contribution < -0.4 is 15.8 Å². The first-order chi connectivity index (χ1) is 17.2. The summed E-state index contributed by atoms with van der Waals surface area (Å²) < 4.78 is 15.0. The van der Waals surface area contributed by atoms with Crippen molar-refractivity contribution < 1.29 is 9.18 Å². The minimum Gasteiger partial charge on any atom is -0.369 e. The van der Waals surface area contributed by atoms with Gasteiger partial charge in [0.25, 0.3) is 11.5 Å². The number of amides is 1. The van der Waals surface area contributed by atoms with E-state index < -0.39 is 6.67 Å². The fourth-order valence-electron chi connectivity index (χ4n) is 5.46. The van der Waals surface area contributed by atoms with Gasteiger partial charge in [0.15, 0.2) is 0 Å². The van der Waals surface area contributed by atoms with Crippen molar-refractivity contribution in [2.45, 2.75) is 64.8 Å². The molecule has 194 valence electrons. The summed E-state index contributed by atoms with van der Waals surface area (Å²) in [6, 6.07) is 7.90. The second-order valence-corrected chi connectivity index (χ2v) is 10.2. The Bertz CT molecular complexity index is 1290. The minimum absolute atomic E-state index is 0.0772. The number of anilines is 1. The number of halogens is 2. The molecule has 0 saturated heterocycles.